The summed E-state index contributed by atoms with van der Waals surface area (Å²) in [6.07, 6.45) is 1.23. The van der Waals surface area contributed by atoms with Gasteiger partial charge in [-0.25, -0.2) is 0 Å². The van der Waals surface area contributed by atoms with Gasteiger partial charge in [-0.1, -0.05) is 35.8 Å². The molecule has 0 aromatic heterocycles. The van der Waals surface area contributed by atoms with E-state index in [0.29, 0.717) is 19.6 Å². The Morgan fingerprint density at radius 2 is 2.10 bits per heavy atom. The molecule has 1 rings (SSSR count). The molecule has 0 aliphatic rings. The third-order valence-electron chi connectivity index (χ3n) is 3.26. The van der Waals surface area contributed by atoms with Gasteiger partial charge in [-0.15, -0.1) is 0 Å². The molecule has 1 amide bonds. The highest BCUT2D eigenvalue weighted by Gasteiger charge is 2.03. The molecule has 0 saturated carbocycles. The Morgan fingerprint density at radius 3 is 2.76 bits per heavy atom. The van der Waals surface area contributed by atoms with E-state index >= 15 is 0 Å². The third kappa shape index (κ3) is 8.07. The lowest BCUT2D eigenvalue weighted by Gasteiger charge is -2.17. The minimum Gasteiger partial charge on any atom is -0.494 e. The lowest BCUT2D eigenvalue weighted by Crippen LogP contribution is -2.34. The van der Waals surface area contributed by atoms with E-state index in [2.05, 4.69) is 40.0 Å². The fourth-order valence-electron chi connectivity index (χ4n) is 1.96. The smallest absolute Gasteiger partial charge is 0.220 e. The molecule has 1 N–H and O–H groups in total. The standard InChI is InChI=1S/C16H25BrN2O2/c1-3-19(4-2)11-10-18-16(20)9-6-12-21-15-8-5-7-14(17)13-15/h5,7-8,13H,3-4,6,9-12H2,1-2H3,(H,18,20). The average Bonchev–Trinajstić information content (AvgIpc) is 2.48. The van der Waals surface area contributed by atoms with E-state index < -0.39 is 0 Å². The fraction of sp³-hybridized carbons (Fsp3) is 0.562. The van der Waals surface area contributed by atoms with Crippen molar-refractivity contribution in [2.24, 2.45) is 0 Å². The van der Waals surface area contributed by atoms with Crippen molar-refractivity contribution in [3.05, 3.63) is 28.7 Å². The molecule has 5 heteroatoms. The van der Waals surface area contributed by atoms with Crippen LogP contribution in [0.15, 0.2) is 28.7 Å². The van der Waals surface area contributed by atoms with Gasteiger partial charge in [-0.05, 0) is 37.7 Å². The molecule has 0 atom stereocenters. The van der Waals surface area contributed by atoms with Crippen LogP contribution in [0.3, 0.4) is 0 Å². The third-order valence-corrected chi connectivity index (χ3v) is 3.75. The summed E-state index contributed by atoms with van der Waals surface area (Å²) in [5.41, 5.74) is 0. The highest BCUT2D eigenvalue weighted by atomic mass is 79.9. The van der Waals surface area contributed by atoms with Crippen LogP contribution in [-0.4, -0.2) is 43.6 Å². The molecule has 4 nitrogen and oxygen atoms in total. The number of ether oxygens (including phenoxy) is 1. The predicted octanol–water partition coefficient (Wildman–Crippen LogP) is 3.07. The molecule has 0 spiro atoms. The van der Waals surface area contributed by atoms with E-state index in [1.807, 2.05) is 24.3 Å². The van der Waals surface area contributed by atoms with Gasteiger partial charge in [0.2, 0.25) is 5.91 Å². The Kier molecular flexibility index (Phi) is 9.10. The maximum Gasteiger partial charge on any atom is 0.220 e. The molecule has 0 radical (unpaired) electrons. The average molecular weight is 357 g/mol. The number of benzene rings is 1. The molecule has 21 heavy (non-hydrogen) atoms. The van der Waals surface area contributed by atoms with Crippen LogP contribution >= 0.6 is 15.9 Å². The van der Waals surface area contributed by atoms with Crippen LogP contribution < -0.4 is 10.1 Å². The number of rotatable bonds is 10. The van der Waals surface area contributed by atoms with Crippen LogP contribution in [0.4, 0.5) is 0 Å². The molecule has 0 unspecified atom stereocenters. The second-order valence-corrected chi connectivity index (χ2v) is 5.70. The van der Waals surface area contributed by atoms with Crippen molar-refractivity contribution in [1.29, 1.82) is 0 Å². The molecule has 0 aliphatic carbocycles. The first-order valence-electron chi connectivity index (χ1n) is 7.53. The zero-order chi connectivity index (χ0) is 15.5. The number of hydrogen-bond donors (Lipinski definition) is 1. The summed E-state index contributed by atoms with van der Waals surface area (Å²) < 4.78 is 6.59. The first kappa shape index (κ1) is 18.0. The van der Waals surface area contributed by atoms with Crippen LogP contribution in [0.25, 0.3) is 0 Å². The second-order valence-electron chi connectivity index (χ2n) is 4.79. The molecule has 0 saturated heterocycles. The van der Waals surface area contributed by atoms with Gasteiger partial charge in [-0.3, -0.25) is 4.79 Å². The Balaban J connectivity index is 2.08. The van der Waals surface area contributed by atoms with Gasteiger partial charge in [0.05, 0.1) is 6.61 Å². The molecular weight excluding hydrogens is 332 g/mol. The Labute approximate surface area is 136 Å². The minimum atomic E-state index is 0.0972. The van der Waals surface area contributed by atoms with Gasteiger partial charge in [-0.2, -0.15) is 0 Å². The number of carbonyl (C=O) groups is 1. The first-order chi connectivity index (χ1) is 10.2. The molecule has 1 aromatic rings. The largest absolute Gasteiger partial charge is 0.494 e. The predicted molar refractivity (Wildman–Crippen MR) is 89.7 cm³/mol. The number of likely N-dealkylation sites (N-methyl/N-ethyl adjacent to an activating group) is 1. The lowest BCUT2D eigenvalue weighted by molar-refractivity contribution is -0.121. The molecule has 0 aliphatic heterocycles. The molecule has 1 aromatic carbocycles. The second kappa shape index (κ2) is 10.6. The summed E-state index contributed by atoms with van der Waals surface area (Å²) >= 11 is 3.40. The zero-order valence-corrected chi connectivity index (χ0v) is 14.5. The highest BCUT2D eigenvalue weighted by Crippen LogP contribution is 2.17. The van der Waals surface area contributed by atoms with Gasteiger partial charge >= 0.3 is 0 Å². The van der Waals surface area contributed by atoms with Gasteiger partial charge in [0.25, 0.3) is 0 Å². The number of amides is 1. The number of halogens is 1. The van der Waals surface area contributed by atoms with Gasteiger partial charge < -0.3 is 15.0 Å². The van der Waals surface area contributed by atoms with Crippen molar-refractivity contribution in [2.75, 3.05) is 32.8 Å². The molecular formula is C16H25BrN2O2. The van der Waals surface area contributed by atoms with Crippen molar-refractivity contribution in [1.82, 2.24) is 10.2 Å². The lowest BCUT2D eigenvalue weighted by atomic mass is 10.3. The monoisotopic (exact) mass is 356 g/mol. The number of carbonyl (C=O) groups excluding carboxylic acids is 1. The normalized spacial score (nSPS) is 10.7. The molecule has 0 heterocycles. The first-order valence-corrected chi connectivity index (χ1v) is 8.32. The number of hydrogen-bond acceptors (Lipinski definition) is 3. The van der Waals surface area contributed by atoms with Crippen molar-refractivity contribution in [2.45, 2.75) is 26.7 Å². The van der Waals surface area contributed by atoms with E-state index in [-0.39, 0.29) is 5.91 Å². The van der Waals surface area contributed by atoms with Crippen LogP contribution in [0.5, 0.6) is 5.75 Å². The summed E-state index contributed by atoms with van der Waals surface area (Å²) in [5.74, 6) is 0.923. The van der Waals surface area contributed by atoms with Crippen LogP contribution in [0.2, 0.25) is 0 Å². The van der Waals surface area contributed by atoms with Crippen LogP contribution in [0, 0.1) is 0 Å². The maximum absolute atomic E-state index is 11.7. The van der Waals surface area contributed by atoms with E-state index in [1.54, 1.807) is 0 Å². The summed E-state index contributed by atoms with van der Waals surface area (Å²) in [7, 11) is 0. The summed E-state index contributed by atoms with van der Waals surface area (Å²) in [5, 5.41) is 2.95. The van der Waals surface area contributed by atoms with Crippen molar-refractivity contribution >= 4 is 21.8 Å². The fourth-order valence-corrected chi connectivity index (χ4v) is 2.34. The zero-order valence-electron chi connectivity index (χ0n) is 12.9. The Hall–Kier alpha value is -1.07. The SMILES string of the molecule is CCN(CC)CCNC(=O)CCCOc1cccc(Br)c1. The van der Waals surface area contributed by atoms with E-state index in [0.717, 1.165) is 36.3 Å². The quantitative estimate of drug-likeness (QED) is 0.655. The van der Waals surface area contributed by atoms with Gasteiger partial charge in [0, 0.05) is 24.0 Å². The van der Waals surface area contributed by atoms with Crippen molar-refractivity contribution in [3.8, 4) is 5.75 Å². The molecule has 0 fully saturated rings. The topological polar surface area (TPSA) is 41.6 Å². The van der Waals surface area contributed by atoms with E-state index in [9.17, 15) is 4.79 Å². The Bertz CT molecular complexity index is 422. The van der Waals surface area contributed by atoms with Crippen LogP contribution in [-0.2, 0) is 4.79 Å². The summed E-state index contributed by atoms with van der Waals surface area (Å²) in [6.45, 7) is 8.48. The summed E-state index contributed by atoms with van der Waals surface area (Å²) in [4.78, 5) is 14.0. The van der Waals surface area contributed by atoms with Crippen molar-refractivity contribution < 1.29 is 9.53 Å². The van der Waals surface area contributed by atoms with Crippen LogP contribution in [0.1, 0.15) is 26.7 Å². The molecule has 118 valence electrons. The number of nitrogens with one attached hydrogen (secondary N) is 1. The summed E-state index contributed by atoms with van der Waals surface area (Å²) in [6, 6.07) is 7.72. The maximum atomic E-state index is 11.7. The van der Waals surface area contributed by atoms with Gasteiger partial charge in [0.15, 0.2) is 0 Å². The minimum absolute atomic E-state index is 0.0972. The van der Waals surface area contributed by atoms with Crippen molar-refractivity contribution in [3.63, 3.8) is 0 Å². The van der Waals surface area contributed by atoms with E-state index in [4.69, 9.17) is 4.74 Å². The van der Waals surface area contributed by atoms with Gasteiger partial charge in [0.1, 0.15) is 5.75 Å². The Morgan fingerprint density at radius 1 is 1.33 bits per heavy atom. The number of nitrogens with zero attached hydrogens (tertiary/aromatic N) is 1. The molecule has 0 bridgehead atoms. The van der Waals surface area contributed by atoms with E-state index in [1.165, 1.54) is 0 Å². The highest BCUT2D eigenvalue weighted by molar-refractivity contribution is 9.10.